The monoisotopic (exact) mass is 310 g/mol. The van der Waals surface area contributed by atoms with Crippen LogP contribution in [0.3, 0.4) is 0 Å². The molecule has 2 rings (SSSR count). The first-order valence-electron chi connectivity index (χ1n) is 6.24. The average molecular weight is 311 g/mol. The fourth-order valence-electron chi connectivity index (χ4n) is 2.03. The molecule has 5 heteroatoms. The molecule has 0 radical (unpaired) electrons. The van der Waals surface area contributed by atoms with Crippen molar-refractivity contribution in [2.24, 2.45) is 5.84 Å². The van der Waals surface area contributed by atoms with Crippen LogP contribution in [0.15, 0.2) is 48.5 Å². The van der Waals surface area contributed by atoms with Crippen LogP contribution >= 0.6 is 23.2 Å². The molecule has 0 aliphatic heterocycles. The number of hydrogen-bond donors (Lipinski definition) is 2. The van der Waals surface area contributed by atoms with Crippen molar-refractivity contribution in [3.63, 3.8) is 0 Å². The zero-order chi connectivity index (χ0) is 14.5. The van der Waals surface area contributed by atoms with Crippen LogP contribution in [0, 0.1) is 0 Å². The van der Waals surface area contributed by atoms with E-state index < -0.39 is 0 Å². The molecule has 20 heavy (non-hydrogen) atoms. The maximum atomic E-state index is 6.00. The predicted molar refractivity (Wildman–Crippen MR) is 83.1 cm³/mol. The van der Waals surface area contributed by atoms with Gasteiger partial charge in [0.2, 0.25) is 0 Å². The Labute approximate surface area is 128 Å². The minimum absolute atomic E-state index is 0.173. The van der Waals surface area contributed by atoms with E-state index in [9.17, 15) is 0 Å². The highest BCUT2D eigenvalue weighted by molar-refractivity contribution is 6.30. The highest BCUT2D eigenvalue weighted by atomic mass is 35.5. The van der Waals surface area contributed by atoms with E-state index in [1.807, 2.05) is 43.3 Å². The first-order chi connectivity index (χ1) is 9.60. The van der Waals surface area contributed by atoms with Gasteiger partial charge in [-0.1, -0.05) is 41.4 Å². The van der Waals surface area contributed by atoms with Crippen molar-refractivity contribution in [1.29, 1.82) is 0 Å². The number of nitrogens with two attached hydrogens (primary N) is 1. The number of halogens is 2. The number of benzene rings is 2. The molecule has 2 atom stereocenters. The van der Waals surface area contributed by atoms with Crippen molar-refractivity contribution in [1.82, 2.24) is 5.43 Å². The van der Waals surface area contributed by atoms with Crippen LogP contribution in [0.2, 0.25) is 10.0 Å². The second-order valence-corrected chi connectivity index (χ2v) is 5.35. The van der Waals surface area contributed by atoms with Crippen LogP contribution in [0.25, 0.3) is 0 Å². The largest absolute Gasteiger partial charge is 0.489 e. The van der Waals surface area contributed by atoms with E-state index >= 15 is 0 Å². The fraction of sp³-hybridized carbons (Fsp3) is 0.200. The topological polar surface area (TPSA) is 47.3 Å². The molecule has 0 spiro atoms. The molecule has 0 fully saturated rings. The summed E-state index contributed by atoms with van der Waals surface area (Å²) in [6.07, 6.45) is -0.183. The van der Waals surface area contributed by atoms with E-state index in [-0.39, 0.29) is 12.1 Å². The van der Waals surface area contributed by atoms with Gasteiger partial charge in [0, 0.05) is 10.0 Å². The molecule has 0 saturated carbocycles. The SMILES string of the molecule is CC(Oc1cccc(Cl)c1)C(NN)c1cccc(Cl)c1. The van der Waals surface area contributed by atoms with Gasteiger partial charge in [0.25, 0.3) is 0 Å². The van der Waals surface area contributed by atoms with Gasteiger partial charge in [-0.2, -0.15) is 0 Å². The van der Waals surface area contributed by atoms with Crippen molar-refractivity contribution < 1.29 is 4.74 Å². The molecular formula is C15H16Cl2N2O. The highest BCUT2D eigenvalue weighted by Crippen LogP contribution is 2.25. The van der Waals surface area contributed by atoms with Crippen LogP contribution in [-0.4, -0.2) is 6.10 Å². The summed E-state index contributed by atoms with van der Waals surface area (Å²) in [4.78, 5) is 0. The van der Waals surface area contributed by atoms with Crippen LogP contribution in [0.4, 0.5) is 0 Å². The lowest BCUT2D eigenvalue weighted by molar-refractivity contribution is 0.171. The van der Waals surface area contributed by atoms with Crippen molar-refractivity contribution in [3.8, 4) is 5.75 Å². The molecule has 0 bridgehead atoms. The molecule has 2 aromatic rings. The summed E-state index contributed by atoms with van der Waals surface area (Å²) in [5.74, 6) is 6.34. The van der Waals surface area contributed by atoms with Gasteiger partial charge in [-0.25, -0.2) is 5.43 Å². The van der Waals surface area contributed by atoms with Gasteiger partial charge < -0.3 is 4.74 Å². The minimum atomic E-state index is -0.183. The summed E-state index contributed by atoms with van der Waals surface area (Å²) < 4.78 is 5.87. The van der Waals surface area contributed by atoms with Crippen molar-refractivity contribution in [3.05, 3.63) is 64.1 Å². The summed E-state index contributed by atoms with van der Waals surface area (Å²) in [6.45, 7) is 1.94. The molecule has 106 valence electrons. The Kier molecular flexibility index (Phi) is 5.26. The number of hydrazine groups is 1. The summed E-state index contributed by atoms with van der Waals surface area (Å²) in [5.41, 5.74) is 3.73. The van der Waals surface area contributed by atoms with Gasteiger partial charge in [0.05, 0.1) is 6.04 Å². The third-order valence-electron chi connectivity index (χ3n) is 2.97. The summed E-state index contributed by atoms with van der Waals surface area (Å²) in [6, 6.07) is 14.6. The van der Waals surface area contributed by atoms with E-state index in [2.05, 4.69) is 5.43 Å². The van der Waals surface area contributed by atoms with Crippen LogP contribution in [0.1, 0.15) is 18.5 Å². The lowest BCUT2D eigenvalue weighted by Gasteiger charge is -2.25. The quantitative estimate of drug-likeness (QED) is 0.649. The lowest BCUT2D eigenvalue weighted by atomic mass is 10.0. The normalized spacial score (nSPS) is 13.8. The Morgan fingerprint density at radius 2 is 1.70 bits per heavy atom. The predicted octanol–water partition coefficient (Wildman–Crippen LogP) is 3.97. The second kappa shape index (κ2) is 6.95. The van der Waals surface area contributed by atoms with E-state index in [0.717, 1.165) is 5.56 Å². The molecular weight excluding hydrogens is 295 g/mol. The van der Waals surface area contributed by atoms with Crippen LogP contribution < -0.4 is 16.0 Å². The fourth-order valence-corrected chi connectivity index (χ4v) is 2.40. The number of hydrogen-bond acceptors (Lipinski definition) is 3. The van der Waals surface area contributed by atoms with Crippen molar-refractivity contribution in [2.75, 3.05) is 0 Å². The van der Waals surface area contributed by atoms with Gasteiger partial charge in [-0.3, -0.25) is 5.84 Å². The zero-order valence-electron chi connectivity index (χ0n) is 11.0. The Morgan fingerprint density at radius 3 is 2.30 bits per heavy atom. The van der Waals surface area contributed by atoms with E-state index in [1.54, 1.807) is 12.1 Å². The number of ether oxygens (including phenoxy) is 1. The molecule has 2 aromatic carbocycles. The smallest absolute Gasteiger partial charge is 0.121 e. The summed E-state index contributed by atoms with van der Waals surface area (Å²) in [7, 11) is 0. The second-order valence-electron chi connectivity index (χ2n) is 4.48. The summed E-state index contributed by atoms with van der Waals surface area (Å²) in [5, 5.41) is 1.30. The maximum Gasteiger partial charge on any atom is 0.121 e. The molecule has 0 heterocycles. The van der Waals surface area contributed by atoms with Gasteiger partial charge in [0.15, 0.2) is 0 Å². The molecule has 0 aromatic heterocycles. The van der Waals surface area contributed by atoms with Crippen molar-refractivity contribution >= 4 is 23.2 Å². The zero-order valence-corrected chi connectivity index (χ0v) is 12.5. The maximum absolute atomic E-state index is 6.00. The van der Waals surface area contributed by atoms with E-state index in [4.69, 9.17) is 33.8 Å². The van der Waals surface area contributed by atoms with Crippen LogP contribution in [0.5, 0.6) is 5.75 Å². The molecule has 2 unspecified atom stereocenters. The molecule has 0 saturated heterocycles. The number of nitrogens with one attached hydrogen (secondary N) is 1. The number of rotatable bonds is 5. The highest BCUT2D eigenvalue weighted by Gasteiger charge is 2.20. The van der Waals surface area contributed by atoms with Crippen molar-refractivity contribution in [2.45, 2.75) is 19.1 Å². The molecule has 0 aliphatic rings. The Morgan fingerprint density at radius 1 is 1.05 bits per heavy atom. The van der Waals surface area contributed by atoms with Gasteiger partial charge in [0.1, 0.15) is 11.9 Å². The van der Waals surface area contributed by atoms with Gasteiger partial charge >= 0.3 is 0 Å². The Balaban J connectivity index is 2.15. The first-order valence-corrected chi connectivity index (χ1v) is 6.99. The average Bonchev–Trinajstić information content (AvgIpc) is 2.39. The Bertz CT molecular complexity index is 577. The van der Waals surface area contributed by atoms with Gasteiger partial charge in [-0.15, -0.1) is 0 Å². The minimum Gasteiger partial charge on any atom is -0.489 e. The lowest BCUT2D eigenvalue weighted by Crippen LogP contribution is -2.38. The molecule has 3 nitrogen and oxygen atoms in total. The molecule has 3 N–H and O–H groups in total. The van der Waals surface area contributed by atoms with Crippen LogP contribution in [-0.2, 0) is 0 Å². The Hall–Kier alpha value is -1.26. The van der Waals surface area contributed by atoms with E-state index in [1.165, 1.54) is 0 Å². The molecule has 0 amide bonds. The third-order valence-corrected chi connectivity index (χ3v) is 3.45. The molecule has 0 aliphatic carbocycles. The third kappa shape index (κ3) is 3.87. The summed E-state index contributed by atoms with van der Waals surface area (Å²) >= 11 is 11.9. The standard InChI is InChI=1S/C15H16Cl2N2O/c1-10(20-14-7-3-6-13(17)9-14)15(19-18)11-4-2-5-12(16)8-11/h2-10,15,19H,18H2,1H3. The van der Waals surface area contributed by atoms with E-state index in [0.29, 0.717) is 15.8 Å². The first kappa shape index (κ1) is 15.1. The van der Waals surface area contributed by atoms with Gasteiger partial charge in [-0.05, 0) is 42.8 Å².